The molecule has 2 aromatic carbocycles. The number of halogens is 2. The first-order chi connectivity index (χ1) is 14.0. The summed E-state index contributed by atoms with van der Waals surface area (Å²) in [4.78, 5) is 17.6. The Morgan fingerprint density at radius 1 is 1.14 bits per heavy atom. The molecule has 0 radical (unpaired) electrons. The van der Waals surface area contributed by atoms with Crippen molar-refractivity contribution in [1.82, 2.24) is 14.8 Å². The first-order valence-corrected chi connectivity index (χ1v) is 10.3. The van der Waals surface area contributed by atoms with Gasteiger partial charge < -0.3 is 5.32 Å². The lowest BCUT2D eigenvalue weighted by Crippen LogP contribution is -2.31. The Balaban J connectivity index is 1.72. The fourth-order valence-electron chi connectivity index (χ4n) is 4.08. The maximum atomic E-state index is 12.9. The molecule has 2 aliphatic rings. The van der Waals surface area contributed by atoms with Crippen LogP contribution in [0, 0.1) is 6.92 Å². The molecule has 1 atom stereocenters. The molecule has 146 valence electrons. The van der Waals surface area contributed by atoms with Gasteiger partial charge in [0.05, 0.1) is 10.0 Å². The van der Waals surface area contributed by atoms with E-state index in [0.717, 1.165) is 35.2 Å². The van der Waals surface area contributed by atoms with Gasteiger partial charge in [-0.2, -0.15) is 4.98 Å². The molecule has 29 heavy (non-hydrogen) atoms. The lowest BCUT2D eigenvalue weighted by Gasteiger charge is -2.32. The molecule has 0 amide bonds. The molecular formula is C22H18Cl2N4O. The normalized spacial score (nSPS) is 18.3. The Hall–Kier alpha value is -2.63. The monoisotopic (exact) mass is 424 g/mol. The van der Waals surface area contributed by atoms with Crippen molar-refractivity contribution in [3.8, 4) is 11.4 Å². The first-order valence-electron chi connectivity index (χ1n) is 9.53. The predicted molar refractivity (Wildman–Crippen MR) is 114 cm³/mol. The number of aromatic nitrogens is 3. The molecule has 7 heteroatoms. The smallest absolute Gasteiger partial charge is 0.226 e. The van der Waals surface area contributed by atoms with Crippen LogP contribution in [0.5, 0.6) is 0 Å². The number of fused-ring (bicyclic) bond motifs is 1. The van der Waals surface area contributed by atoms with Crippen LogP contribution in [0.2, 0.25) is 10.0 Å². The summed E-state index contributed by atoms with van der Waals surface area (Å²) >= 11 is 12.9. The number of Topliss-reactive ketones (excluding diaryl/α,β-unsaturated/α-hetero) is 1. The van der Waals surface area contributed by atoms with Crippen molar-refractivity contribution < 1.29 is 4.79 Å². The standard InChI is InChI=1S/C22H18Cl2N4O/c1-12-5-2-6-13(11-12)21-26-22-25-16-9-4-10-17(29)18(16)20(28(22)27-21)14-7-3-8-15(23)19(14)24/h2-3,5-8,11,20H,4,9-10H2,1H3,(H,25,26,27). The Morgan fingerprint density at radius 2 is 1.97 bits per heavy atom. The highest BCUT2D eigenvalue weighted by molar-refractivity contribution is 6.42. The highest BCUT2D eigenvalue weighted by atomic mass is 35.5. The van der Waals surface area contributed by atoms with Gasteiger partial charge in [-0.1, -0.05) is 59.1 Å². The number of nitrogens with zero attached hydrogens (tertiary/aromatic N) is 3. The van der Waals surface area contributed by atoms with E-state index in [1.807, 2.05) is 43.3 Å². The number of carbonyl (C=O) groups excluding carboxylic acids is 1. The maximum Gasteiger partial charge on any atom is 0.226 e. The maximum absolute atomic E-state index is 12.9. The number of anilines is 1. The second-order valence-corrected chi connectivity index (χ2v) is 8.20. The largest absolute Gasteiger partial charge is 0.328 e. The second-order valence-electron chi connectivity index (χ2n) is 7.41. The molecule has 0 saturated carbocycles. The average Bonchev–Trinajstić information content (AvgIpc) is 3.13. The van der Waals surface area contributed by atoms with E-state index in [4.69, 9.17) is 33.3 Å². The van der Waals surface area contributed by atoms with E-state index in [-0.39, 0.29) is 5.78 Å². The van der Waals surface area contributed by atoms with Gasteiger partial charge in [-0.05, 0) is 31.9 Å². The van der Waals surface area contributed by atoms with Crippen molar-refractivity contribution in [3.63, 3.8) is 0 Å². The molecule has 0 fully saturated rings. The molecular weight excluding hydrogens is 407 g/mol. The summed E-state index contributed by atoms with van der Waals surface area (Å²) < 4.78 is 1.76. The van der Waals surface area contributed by atoms with Crippen molar-refractivity contribution in [2.75, 3.05) is 5.32 Å². The lowest BCUT2D eigenvalue weighted by molar-refractivity contribution is -0.116. The van der Waals surface area contributed by atoms with Crippen LogP contribution in [0.25, 0.3) is 11.4 Å². The Labute approximate surface area is 178 Å². The van der Waals surface area contributed by atoms with E-state index in [2.05, 4.69) is 5.32 Å². The molecule has 3 aromatic rings. The summed E-state index contributed by atoms with van der Waals surface area (Å²) in [5.74, 6) is 1.32. The van der Waals surface area contributed by atoms with Gasteiger partial charge in [-0.25, -0.2) is 4.68 Å². The minimum Gasteiger partial charge on any atom is -0.328 e. The SMILES string of the molecule is Cc1cccc(-c2nc3n(n2)C(c2cccc(Cl)c2Cl)C2=C(CCCC2=O)N3)c1. The Bertz CT molecular complexity index is 1180. The second kappa shape index (κ2) is 7.01. The number of nitrogens with one attached hydrogen (secondary N) is 1. The van der Waals surface area contributed by atoms with Crippen LogP contribution in [0.4, 0.5) is 5.95 Å². The van der Waals surface area contributed by atoms with E-state index in [0.29, 0.717) is 33.8 Å². The van der Waals surface area contributed by atoms with Crippen molar-refractivity contribution in [2.45, 2.75) is 32.2 Å². The molecule has 1 N–H and O–H groups in total. The van der Waals surface area contributed by atoms with Crippen molar-refractivity contribution in [2.24, 2.45) is 0 Å². The molecule has 1 aromatic heterocycles. The fraction of sp³-hybridized carbons (Fsp3) is 0.227. The lowest BCUT2D eigenvalue weighted by atomic mass is 9.85. The summed E-state index contributed by atoms with van der Waals surface area (Å²) in [5, 5.41) is 9.00. The first kappa shape index (κ1) is 18.4. The number of ketones is 1. The van der Waals surface area contributed by atoms with E-state index in [1.54, 1.807) is 10.7 Å². The van der Waals surface area contributed by atoms with Gasteiger partial charge in [0.25, 0.3) is 0 Å². The zero-order valence-corrected chi connectivity index (χ0v) is 17.3. The Kier molecular flexibility index (Phi) is 4.45. The topological polar surface area (TPSA) is 59.8 Å². The van der Waals surface area contributed by atoms with Gasteiger partial charge in [0, 0.05) is 28.8 Å². The van der Waals surface area contributed by atoms with Gasteiger partial charge >= 0.3 is 0 Å². The Morgan fingerprint density at radius 3 is 2.79 bits per heavy atom. The molecule has 1 aliphatic carbocycles. The third-order valence-electron chi connectivity index (χ3n) is 5.42. The molecule has 5 rings (SSSR count). The van der Waals surface area contributed by atoms with Gasteiger partial charge in [0.2, 0.25) is 5.95 Å². The van der Waals surface area contributed by atoms with Gasteiger partial charge in [-0.3, -0.25) is 4.79 Å². The average molecular weight is 425 g/mol. The number of aryl methyl sites for hydroxylation is 1. The quantitative estimate of drug-likeness (QED) is 0.582. The summed E-state index contributed by atoms with van der Waals surface area (Å²) in [6.07, 6.45) is 2.13. The van der Waals surface area contributed by atoms with Crippen LogP contribution >= 0.6 is 23.2 Å². The fourth-order valence-corrected chi connectivity index (χ4v) is 4.49. The molecule has 0 bridgehead atoms. The van der Waals surface area contributed by atoms with E-state index < -0.39 is 6.04 Å². The highest BCUT2D eigenvalue weighted by Crippen LogP contribution is 2.43. The highest BCUT2D eigenvalue weighted by Gasteiger charge is 2.38. The third kappa shape index (κ3) is 3.05. The van der Waals surface area contributed by atoms with E-state index in [1.165, 1.54) is 0 Å². The third-order valence-corrected chi connectivity index (χ3v) is 6.25. The van der Waals surface area contributed by atoms with Crippen LogP contribution in [-0.2, 0) is 4.79 Å². The summed E-state index contributed by atoms with van der Waals surface area (Å²) in [7, 11) is 0. The molecule has 1 aliphatic heterocycles. The van der Waals surface area contributed by atoms with Crippen molar-refractivity contribution in [3.05, 3.63) is 74.9 Å². The van der Waals surface area contributed by atoms with Crippen molar-refractivity contribution in [1.29, 1.82) is 0 Å². The number of benzene rings is 2. The molecule has 1 unspecified atom stereocenters. The molecule has 0 spiro atoms. The molecule has 0 saturated heterocycles. The van der Waals surface area contributed by atoms with Gasteiger partial charge in [-0.15, -0.1) is 5.10 Å². The zero-order valence-electron chi connectivity index (χ0n) is 15.7. The van der Waals surface area contributed by atoms with Crippen LogP contribution in [0.15, 0.2) is 53.7 Å². The number of allylic oxidation sites excluding steroid dienone is 2. The van der Waals surface area contributed by atoms with Gasteiger partial charge in [0.1, 0.15) is 6.04 Å². The predicted octanol–water partition coefficient (Wildman–Crippen LogP) is 5.58. The number of carbonyl (C=O) groups is 1. The number of rotatable bonds is 2. The summed E-state index contributed by atoms with van der Waals surface area (Å²) in [6, 6.07) is 13.1. The van der Waals surface area contributed by atoms with Crippen LogP contribution in [0.3, 0.4) is 0 Å². The van der Waals surface area contributed by atoms with Crippen LogP contribution in [-0.4, -0.2) is 20.5 Å². The zero-order chi connectivity index (χ0) is 20.1. The van der Waals surface area contributed by atoms with Gasteiger partial charge in [0.15, 0.2) is 11.6 Å². The van der Waals surface area contributed by atoms with Crippen LogP contribution in [0.1, 0.15) is 36.4 Å². The van der Waals surface area contributed by atoms with Crippen molar-refractivity contribution >= 4 is 34.9 Å². The summed E-state index contributed by atoms with van der Waals surface area (Å²) in [6.45, 7) is 2.03. The van der Waals surface area contributed by atoms with Crippen LogP contribution < -0.4 is 5.32 Å². The minimum atomic E-state index is -0.452. The van der Waals surface area contributed by atoms with E-state index >= 15 is 0 Å². The minimum absolute atomic E-state index is 0.109. The summed E-state index contributed by atoms with van der Waals surface area (Å²) in [5.41, 5.74) is 4.41. The number of hydrogen-bond donors (Lipinski definition) is 1. The molecule has 2 heterocycles. The van der Waals surface area contributed by atoms with E-state index in [9.17, 15) is 4.79 Å². The number of hydrogen-bond acceptors (Lipinski definition) is 4. The molecule has 5 nitrogen and oxygen atoms in total.